The molecule has 3 rings (SSSR count). The fourth-order valence-corrected chi connectivity index (χ4v) is 4.04. The second-order valence-electron chi connectivity index (χ2n) is 7.82. The molecule has 1 aliphatic heterocycles. The molecule has 2 atom stereocenters. The van der Waals surface area contributed by atoms with E-state index in [1.807, 2.05) is 36.4 Å². The molecule has 0 spiro atoms. The summed E-state index contributed by atoms with van der Waals surface area (Å²) < 4.78 is 6.26. The summed E-state index contributed by atoms with van der Waals surface area (Å²) in [5.74, 6) is 0.223. The van der Waals surface area contributed by atoms with Crippen molar-refractivity contribution in [3.05, 3.63) is 71.8 Å². The Bertz CT molecular complexity index is 701. The van der Waals surface area contributed by atoms with Crippen molar-refractivity contribution in [1.82, 2.24) is 4.90 Å². The van der Waals surface area contributed by atoms with Crippen molar-refractivity contribution in [3.63, 3.8) is 0 Å². The van der Waals surface area contributed by atoms with E-state index in [9.17, 15) is 4.79 Å². The molecule has 150 valence electrons. The monoisotopic (exact) mass is 379 g/mol. The van der Waals surface area contributed by atoms with Gasteiger partial charge in [0.2, 0.25) is 5.91 Å². The molecule has 0 bridgehead atoms. The van der Waals surface area contributed by atoms with Crippen LogP contribution in [0.25, 0.3) is 0 Å². The van der Waals surface area contributed by atoms with E-state index in [0.717, 1.165) is 18.4 Å². The van der Waals surface area contributed by atoms with Gasteiger partial charge in [0.05, 0.1) is 25.2 Å². The first-order valence-electron chi connectivity index (χ1n) is 10.8. The minimum absolute atomic E-state index is 0.0115. The molecule has 1 aliphatic rings. The van der Waals surface area contributed by atoms with Gasteiger partial charge in [-0.25, -0.2) is 0 Å². The third kappa shape index (κ3) is 5.93. The van der Waals surface area contributed by atoms with Crippen LogP contribution >= 0.6 is 0 Å². The van der Waals surface area contributed by atoms with Crippen molar-refractivity contribution in [1.29, 1.82) is 0 Å². The molecule has 0 saturated carbocycles. The summed E-state index contributed by atoms with van der Waals surface area (Å²) >= 11 is 0. The maximum absolute atomic E-state index is 12.8. The highest BCUT2D eigenvalue weighted by atomic mass is 16.5. The molecule has 1 heterocycles. The van der Waals surface area contributed by atoms with Crippen molar-refractivity contribution < 1.29 is 9.53 Å². The molecular weight excluding hydrogens is 346 g/mol. The lowest BCUT2D eigenvalue weighted by atomic mass is 10.0. The highest BCUT2D eigenvalue weighted by molar-refractivity contribution is 5.79. The largest absolute Gasteiger partial charge is 0.371 e. The van der Waals surface area contributed by atoms with E-state index in [2.05, 4.69) is 36.1 Å². The molecular formula is C25H33NO2. The first-order chi connectivity index (χ1) is 13.8. The van der Waals surface area contributed by atoms with Crippen LogP contribution in [0, 0.1) is 0 Å². The van der Waals surface area contributed by atoms with E-state index >= 15 is 0 Å². The number of hydrogen-bond acceptors (Lipinski definition) is 2. The fourth-order valence-electron chi connectivity index (χ4n) is 4.04. The lowest BCUT2D eigenvalue weighted by Crippen LogP contribution is -2.37. The molecule has 0 unspecified atom stereocenters. The normalized spacial score (nSPS) is 19.3. The van der Waals surface area contributed by atoms with Gasteiger partial charge in [-0.3, -0.25) is 4.79 Å². The number of carbonyl (C=O) groups excluding carboxylic acids is 1. The maximum atomic E-state index is 12.8. The summed E-state index contributed by atoms with van der Waals surface area (Å²) in [6.45, 7) is 3.50. The second kappa shape index (κ2) is 11.0. The number of nitrogens with zero attached hydrogens (tertiary/aromatic N) is 1. The minimum Gasteiger partial charge on any atom is -0.371 e. The SMILES string of the molecule is CCCCCCC[C@@H]1[C@@H](OCc2ccccc2)CC(=O)N1Cc1ccccc1. The molecule has 3 nitrogen and oxygen atoms in total. The maximum Gasteiger partial charge on any atom is 0.225 e. The first kappa shape index (κ1) is 20.6. The Morgan fingerprint density at radius 2 is 1.54 bits per heavy atom. The van der Waals surface area contributed by atoms with Crippen LogP contribution in [0.15, 0.2) is 60.7 Å². The van der Waals surface area contributed by atoms with Gasteiger partial charge >= 0.3 is 0 Å². The molecule has 3 heteroatoms. The first-order valence-corrected chi connectivity index (χ1v) is 10.8. The number of hydrogen-bond donors (Lipinski definition) is 0. The molecule has 0 aliphatic carbocycles. The summed E-state index contributed by atoms with van der Waals surface area (Å²) in [4.78, 5) is 14.9. The predicted molar refractivity (Wildman–Crippen MR) is 114 cm³/mol. The number of benzene rings is 2. The van der Waals surface area contributed by atoms with E-state index in [0.29, 0.717) is 19.6 Å². The Morgan fingerprint density at radius 3 is 2.21 bits per heavy atom. The number of ether oxygens (including phenoxy) is 1. The number of likely N-dealkylation sites (tertiary alicyclic amines) is 1. The molecule has 2 aromatic rings. The highest BCUT2D eigenvalue weighted by Gasteiger charge is 2.39. The summed E-state index contributed by atoms with van der Waals surface area (Å²) in [5, 5.41) is 0. The molecule has 0 N–H and O–H groups in total. The average molecular weight is 380 g/mol. The van der Waals surface area contributed by atoms with Gasteiger partial charge in [0.25, 0.3) is 0 Å². The summed E-state index contributed by atoms with van der Waals surface area (Å²) in [5.41, 5.74) is 2.36. The van der Waals surface area contributed by atoms with Gasteiger partial charge in [0.1, 0.15) is 0 Å². The third-order valence-corrected chi connectivity index (χ3v) is 5.63. The van der Waals surface area contributed by atoms with Gasteiger partial charge in [0.15, 0.2) is 0 Å². The summed E-state index contributed by atoms with van der Waals surface area (Å²) in [6.07, 6.45) is 7.75. The van der Waals surface area contributed by atoms with Crippen LogP contribution < -0.4 is 0 Å². The predicted octanol–water partition coefficient (Wildman–Crippen LogP) is 5.73. The fraction of sp³-hybridized carbons (Fsp3) is 0.480. The molecule has 28 heavy (non-hydrogen) atoms. The molecule has 1 fully saturated rings. The molecule has 2 aromatic carbocycles. The van der Waals surface area contributed by atoms with E-state index in [1.165, 1.54) is 31.2 Å². The van der Waals surface area contributed by atoms with Crippen LogP contribution in [0.1, 0.15) is 63.0 Å². The van der Waals surface area contributed by atoms with Gasteiger partial charge in [-0.1, -0.05) is 99.7 Å². The summed E-state index contributed by atoms with van der Waals surface area (Å²) in [7, 11) is 0. The minimum atomic E-state index is -0.0115. The average Bonchev–Trinajstić information content (AvgIpc) is 3.02. The van der Waals surface area contributed by atoms with Crippen molar-refractivity contribution in [2.75, 3.05) is 0 Å². The molecule has 0 radical (unpaired) electrons. The quantitative estimate of drug-likeness (QED) is 0.466. The van der Waals surface area contributed by atoms with Gasteiger partial charge in [-0.2, -0.15) is 0 Å². The number of amides is 1. The van der Waals surface area contributed by atoms with Gasteiger partial charge < -0.3 is 9.64 Å². The Labute approximate surface area is 169 Å². The lowest BCUT2D eigenvalue weighted by Gasteiger charge is -2.28. The van der Waals surface area contributed by atoms with E-state index < -0.39 is 0 Å². The molecule has 1 amide bonds. The van der Waals surface area contributed by atoms with Crippen molar-refractivity contribution in [2.24, 2.45) is 0 Å². The smallest absolute Gasteiger partial charge is 0.225 e. The highest BCUT2D eigenvalue weighted by Crippen LogP contribution is 2.29. The molecule has 0 aromatic heterocycles. The second-order valence-corrected chi connectivity index (χ2v) is 7.82. The number of unbranched alkanes of at least 4 members (excludes halogenated alkanes) is 4. The Hall–Kier alpha value is -2.13. The Balaban J connectivity index is 1.63. The van der Waals surface area contributed by atoms with E-state index in [4.69, 9.17) is 4.74 Å². The van der Waals surface area contributed by atoms with Crippen LogP contribution in [0.4, 0.5) is 0 Å². The third-order valence-electron chi connectivity index (χ3n) is 5.63. The molecule has 1 saturated heterocycles. The van der Waals surface area contributed by atoms with E-state index in [1.54, 1.807) is 0 Å². The zero-order valence-corrected chi connectivity index (χ0v) is 17.1. The van der Waals surface area contributed by atoms with Gasteiger partial charge in [-0.15, -0.1) is 0 Å². The van der Waals surface area contributed by atoms with Crippen molar-refractivity contribution >= 4 is 5.91 Å². The van der Waals surface area contributed by atoms with Crippen molar-refractivity contribution in [3.8, 4) is 0 Å². The Kier molecular flexibility index (Phi) is 8.10. The van der Waals surface area contributed by atoms with Crippen LogP contribution in [0.5, 0.6) is 0 Å². The van der Waals surface area contributed by atoms with Crippen LogP contribution in [0.3, 0.4) is 0 Å². The van der Waals surface area contributed by atoms with Crippen LogP contribution in [-0.2, 0) is 22.7 Å². The Morgan fingerprint density at radius 1 is 0.893 bits per heavy atom. The van der Waals surface area contributed by atoms with Crippen molar-refractivity contribution in [2.45, 2.75) is 77.2 Å². The van der Waals surface area contributed by atoms with Crippen LogP contribution in [0.2, 0.25) is 0 Å². The van der Waals surface area contributed by atoms with Gasteiger partial charge in [0, 0.05) is 6.54 Å². The number of rotatable bonds is 11. The standard InChI is InChI=1S/C25H33NO2/c1-2-3-4-5-12-17-23-24(28-20-22-15-10-7-11-16-22)18-25(27)26(23)19-21-13-8-6-9-14-21/h6-11,13-16,23-24H,2-5,12,17-20H2,1H3/t23-,24+/m1/s1. The van der Waals surface area contributed by atoms with E-state index in [-0.39, 0.29) is 18.1 Å². The number of carbonyl (C=O) groups is 1. The summed E-state index contributed by atoms with van der Waals surface area (Å²) in [6, 6.07) is 20.7. The lowest BCUT2D eigenvalue weighted by molar-refractivity contribution is -0.129. The topological polar surface area (TPSA) is 29.5 Å². The van der Waals surface area contributed by atoms with Gasteiger partial charge in [-0.05, 0) is 17.5 Å². The zero-order chi connectivity index (χ0) is 19.6. The zero-order valence-electron chi connectivity index (χ0n) is 17.1. The van der Waals surface area contributed by atoms with Crippen LogP contribution in [-0.4, -0.2) is 23.0 Å².